The second-order valence-corrected chi connectivity index (χ2v) is 7.45. The van der Waals surface area contributed by atoms with Gasteiger partial charge in [0.15, 0.2) is 0 Å². The quantitative estimate of drug-likeness (QED) is 0.675. The lowest BCUT2D eigenvalue weighted by atomic mass is 10.0. The van der Waals surface area contributed by atoms with E-state index in [0.29, 0.717) is 44.0 Å². The summed E-state index contributed by atoms with van der Waals surface area (Å²) in [6.07, 6.45) is 1.97. The van der Waals surface area contributed by atoms with E-state index in [0.717, 1.165) is 0 Å². The Morgan fingerprint density at radius 2 is 1.90 bits per heavy atom. The third-order valence-corrected chi connectivity index (χ3v) is 5.88. The van der Waals surface area contributed by atoms with Crippen molar-refractivity contribution in [1.29, 1.82) is 0 Å². The van der Waals surface area contributed by atoms with Gasteiger partial charge in [0.1, 0.15) is 17.8 Å². The Morgan fingerprint density at radius 3 is 2.59 bits per heavy atom. The average molecular weight is 399 g/mol. The van der Waals surface area contributed by atoms with E-state index in [-0.39, 0.29) is 30.4 Å². The monoisotopic (exact) mass is 399 g/mol. The van der Waals surface area contributed by atoms with Crippen LogP contribution < -0.4 is 4.74 Å². The first-order chi connectivity index (χ1) is 14.0. The van der Waals surface area contributed by atoms with Crippen molar-refractivity contribution in [3.8, 4) is 5.75 Å². The Bertz CT molecular complexity index is 824. The number of rotatable bonds is 5. The SMILES string of the molecule is C=CCO[C@@H]1CCN2C(=O)[C@H]3CN(C(=O)c4ccc(OC)cc4)CCN3C(=O)[C@H]12. The molecule has 8 heteroatoms. The highest BCUT2D eigenvalue weighted by Gasteiger charge is 2.53. The molecule has 0 unspecified atom stereocenters. The standard InChI is InChI=1S/C21H25N3O5/c1-3-12-29-17-8-9-24-18(17)21(27)23-11-10-22(13-16(23)20(24)26)19(25)14-4-6-15(28-2)7-5-14/h3-7,16-18H,1,8-13H2,2H3/t16-,17-,18+/m1/s1. The average Bonchev–Trinajstić information content (AvgIpc) is 3.19. The van der Waals surface area contributed by atoms with Crippen molar-refractivity contribution in [3.05, 3.63) is 42.5 Å². The Kier molecular flexibility index (Phi) is 5.27. The van der Waals surface area contributed by atoms with Gasteiger partial charge in [0.2, 0.25) is 11.8 Å². The molecule has 4 rings (SSSR count). The molecule has 154 valence electrons. The molecule has 29 heavy (non-hydrogen) atoms. The van der Waals surface area contributed by atoms with Gasteiger partial charge < -0.3 is 24.2 Å². The number of fused-ring (bicyclic) bond motifs is 2. The molecule has 0 bridgehead atoms. The van der Waals surface area contributed by atoms with Gasteiger partial charge in [0.25, 0.3) is 5.91 Å². The van der Waals surface area contributed by atoms with Crippen LogP contribution in [-0.4, -0.2) is 90.5 Å². The molecule has 0 aromatic heterocycles. The number of hydrogen-bond acceptors (Lipinski definition) is 5. The highest BCUT2D eigenvalue weighted by Crippen LogP contribution is 2.31. The van der Waals surface area contributed by atoms with Crippen molar-refractivity contribution in [2.24, 2.45) is 0 Å². The molecule has 3 atom stereocenters. The van der Waals surface area contributed by atoms with E-state index in [2.05, 4.69) is 6.58 Å². The molecule has 1 aromatic carbocycles. The van der Waals surface area contributed by atoms with Crippen LogP contribution in [0.25, 0.3) is 0 Å². The second kappa shape index (κ2) is 7.87. The zero-order valence-electron chi connectivity index (χ0n) is 16.5. The van der Waals surface area contributed by atoms with E-state index < -0.39 is 12.1 Å². The maximum atomic E-state index is 13.1. The highest BCUT2D eigenvalue weighted by atomic mass is 16.5. The van der Waals surface area contributed by atoms with Crippen molar-refractivity contribution in [3.63, 3.8) is 0 Å². The molecule has 0 N–H and O–H groups in total. The van der Waals surface area contributed by atoms with Crippen molar-refractivity contribution in [2.45, 2.75) is 24.6 Å². The first-order valence-electron chi connectivity index (χ1n) is 9.82. The molecule has 3 aliphatic rings. The number of carbonyl (C=O) groups is 3. The molecule has 3 saturated heterocycles. The van der Waals surface area contributed by atoms with E-state index in [1.807, 2.05) is 0 Å². The summed E-state index contributed by atoms with van der Waals surface area (Å²) in [7, 11) is 1.57. The number of ether oxygens (including phenoxy) is 2. The highest BCUT2D eigenvalue weighted by molar-refractivity contribution is 6.00. The van der Waals surface area contributed by atoms with Crippen molar-refractivity contribution in [2.75, 3.05) is 39.9 Å². The summed E-state index contributed by atoms with van der Waals surface area (Å²) in [5.74, 6) is 0.334. The molecule has 8 nitrogen and oxygen atoms in total. The molecule has 3 amide bonds. The number of amides is 3. The van der Waals surface area contributed by atoms with Crippen LogP contribution >= 0.6 is 0 Å². The molecule has 3 heterocycles. The van der Waals surface area contributed by atoms with Gasteiger partial charge in [-0.25, -0.2) is 0 Å². The largest absolute Gasteiger partial charge is 0.497 e. The number of carbonyl (C=O) groups excluding carboxylic acids is 3. The number of hydrogen-bond donors (Lipinski definition) is 0. The minimum atomic E-state index is -0.632. The predicted molar refractivity (Wildman–Crippen MR) is 104 cm³/mol. The molecule has 3 fully saturated rings. The lowest BCUT2D eigenvalue weighted by Crippen LogP contribution is -2.70. The van der Waals surface area contributed by atoms with Crippen LogP contribution in [0.5, 0.6) is 5.75 Å². The van der Waals surface area contributed by atoms with Crippen LogP contribution in [0.3, 0.4) is 0 Å². The topological polar surface area (TPSA) is 79.4 Å². The summed E-state index contributed by atoms with van der Waals surface area (Å²) in [5, 5.41) is 0. The molecular formula is C21H25N3O5. The first-order valence-corrected chi connectivity index (χ1v) is 9.82. The van der Waals surface area contributed by atoms with Crippen molar-refractivity contribution >= 4 is 17.7 Å². The zero-order chi connectivity index (χ0) is 20.5. The third kappa shape index (κ3) is 3.37. The van der Waals surface area contributed by atoms with E-state index in [9.17, 15) is 14.4 Å². The number of methoxy groups -OCH3 is 1. The number of piperazine rings is 2. The van der Waals surface area contributed by atoms with E-state index in [1.165, 1.54) is 0 Å². The van der Waals surface area contributed by atoms with Crippen molar-refractivity contribution < 1.29 is 23.9 Å². The number of nitrogens with zero attached hydrogens (tertiary/aromatic N) is 3. The molecule has 3 aliphatic heterocycles. The zero-order valence-corrected chi connectivity index (χ0v) is 16.5. The molecular weight excluding hydrogens is 374 g/mol. The fraction of sp³-hybridized carbons (Fsp3) is 0.476. The van der Waals surface area contributed by atoms with Crippen LogP contribution in [0.2, 0.25) is 0 Å². The lowest BCUT2D eigenvalue weighted by molar-refractivity contribution is -0.165. The first kappa shape index (κ1) is 19.4. The molecule has 1 aromatic rings. The van der Waals surface area contributed by atoms with Gasteiger partial charge in [-0.2, -0.15) is 0 Å². The fourth-order valence-electron chi connectivity index (χ4n) is 4.39. The summed E-state index contributed by atoms with van der Waals surface area (Å²) in [4.78, 5) is 44.0. The number of benzene rings is 1. The van der Waals surface area contributed by atoms with Gasteiger partial charge >= 0.3 is 0 Å². The van der Waals surface area contributed by atoms with Crippen molar-refractivity contribution in [1.82, 2.24) is 14.7 Å². The lowest BCUT2D eigenvalue weighted by Gasteiger charge is -2.48. The molecule has 0 radical (unpaired) electrons. The Hall–Kier alpha value is -2.87. The third-order valence-electron chi connectivity index (χ3n) is 5.88. The van der Waals surface area contributed by atoms with Gasteiger partial charge in [-0.15, -0.1) is 6.58 Å². The second-order valence-electron chi connectivity index (χ2n) is 7.45. The summed E-state index contributed by atoms with van der Waals surface area (Å²) in [5.41, 5.74) is 0.533. The van der Waals surface area contributed by atoms with Crippen LogP contribution in [0, 0.1) is 0 Å². The van der Waals surface area contributed by atoms with E-state index >= 15 is 0 Å². The van der Waals surface area contributed by atoms with Crippen LogP contribution in [0.15, 0.2) is 36.9 Å². The summed E-state index contributed by atoms with van der Waals surface area (Å²) in [6.45, 7) is 5.43. The van der Waals surface area contributed by atoms with Gasteiger partial charge in [0.05, 0.1) is 26.4 Å². The Balaban J connectivity index is 1.49. The minimum absolute atomic E-state index is 0.0855. The molecule has 0 aliphatic carbocycles. The summed E-state index contributed by atoms with van der Waals surface area (Å²) in [6, 6.07) is 5.68. The Labute approximate surface area is 169 Å². The van der Waals surface area contributed by atoms with Crippen LogP contribution in [0.1, 0.15) is 16.8 Å². The van der Waals surface area contributed by atoms with Gasteiger partial charge in [0, 0.05) is 25.2 Å². The summed E-state index contributed by atoms with van der Waals surface area (Å²) < 4.78 is 10.9. The van der Waals surface area contributed by atoms with E-state index in [4.69, 9.17) is 9.47 Å². The van der Waals surface area contributed by atoms with Gasteiger partial charge in [-0.05, 0) is 30.7 Å². The summed E-state index contributed by atoms with van der Waals surface area (Å²) >= 11 is 0. The minimum Gasteiger partial charge on any atom is -0.497 e. The molecule has 0 saturated carbocycles. The maximum Gasteiger partial charge on any atom is 0.254 e. The van der Waals surface area contributed by atoms with Gasteiger partial charge in [-0.3, -0.25) is 14.4 Å². The molecule has 0 spiro atoms. The van der Waals surface area contributed by atoms with E-state index in [1.54, 1.807) is 52.2 Å². The maximum absolute atomic E-state index is 13.1. The smallest absolute Gasteiger partial charge is 0.254 e. The Morgan fingerprint density at radius 1 is 1.14 bits per heavy atom. The van der Waals surface area contributed by atoms with Crippen LogP contribution in [-0.2, 0) is 14.3 Å². The fourth-order valence-corrected chi connectivity index (χ4v) is 4.39. The van der Waals surface area contributed by atoms with Gasteiger partial charge in [-0.1, -0.05) is 6.08 Å². The predicted octanol–water partition coefficient (Wildman–Crippen LogP) is 0.534. The normalized spacial score (nSPS) is 26.2. The van der Waals surface area contributed by atoms with Crippen LogP contribution in [0.4, 0.5) is 0 Å².